The highest BCUT2D eigenvalue weighted by Gasteiger charge is 2.43. The summed E-state index contributed by atoms with van der Waals surface area (Å²) in [4.78, 5) is 5.00. The van der Waals surface area contributed by atoms with Crippen LogP contribution in [0.5, 0.6) is 0 Å². The molecule has 2 aromatic heterocycles. The Morgan fingerprint density at radius 3 is 1.75 bits per heavy atom. The highest BCUT2D eigenvalue weighted by atomic mass is 32.1. The lowest BCUT2D eigenvalue weighted by Gasteiger charge is -2.41. The van der Waals surface area contributed by atoms with Crippen molar-refractivity contribution >= 4 is 111 Å². The monoisotopic (exact) mass is 803 g/mol. The van der Waals surface area contributed by atoms with Crippen molar-refractivity contribution in [3.63, 3.8) is 0 Å². The van der Waals surface area contributed by atoms with Crippen molar-refractivity contribution in [1.82, 2.24) is 4.57 Å². The largest absolute Gasteiger partial charge is 0.311 e. The minimum atomic E-state index is 0.0394. The average molecular weight is 804 g/mol. The highest BCUT2D eigenvalue weighted by molar-refractivity contribution is 7.26. The van der Waals surface area contributed by atoms with E-state index in [-0.39, 0.29) is 17.5 Å². The van der Waals surface area contributed by atoms with Crippen molar-refractivity contribution in [3.05, 3.63) is 181 Å². The molecule has 294 valence electrons. The van der Waals surface area contributed by atoms with Crippen LogP contribution in [-0.2, 0) is 10.8 Å². The van der Waals surface area contributed by atoms with Gasteiger partial charge in [0.25, 0.3) is 6.71 Å². The van der Waals surface area contributed by atoms with E-state index in [1.807, 2.05) is 11.3 Å². The van der Waals surface area contributed by atoms with Crippen LogP contribution in [0.4, 0.5) is 34.1 Å². The van der Waals surface area contributed by atoms with E-state index >= 15 is 0 Å². The number of nitrogens with zero attached hydrogens (tertiary/aromatic N) is 3. The number of aromatic nitrogens is 1. The molecule has 0 atom stereocenters. The van der Waals surface area contributed by atoms with E-state index in [0.717, 1.165) is 22.7 Å². The second-order valence-electron chi connectivity index (χ2n) is 19.0. The lowest BCUT2D eigenvalue weighted by Crippen LogP contribution is -2.60. The Balaban J connectivity index is 1.24. The Labute approximate surface area is 362 Å². The van der Waals surface area contributed by atoms with Gasteiger partial charge in [-0.25, -0.2) is 0 Å². The molecule has 5 heteroatoms. The van der Waals surface area contributed by atoms with Crippen LogP contribution in [0.15, 0.2) is 170 Å². The number of para-hydroxylation sites is 3. The van der Waals surface area contributed by atoms with Crippen LogP contribution in [0.3, 0.4) is 0 Å². The maximum Gasteiger partial charge on any atom is 0.252 e. The van der Waals surface area contributed by atoms with Crippen LogP contribution in [-0.4, -0.2) is 11.3 Å². The van der Waals surface area contributed by atoms with Gasteiger partial charge in [-0.15, -0.1) is 11.3 Å². The minimum absolute atomic E-state index is 0.0394. The second-order valence-corrected chi connectivity index (χ2v) is 20.1. The SMILES string of the molecule is CC(C)(C)c1ccc(N(c2ccc(C(C)(C)C)cc2)c2cc3c4c(c2)-n2c5c(cccc5c5ccc6sc7ccccc7c6c52)B4c2ccccc2N3c2ccccc2)cc1. The van der Waals surface area contributed by atoms with Gasteiger partial charge in [0.2, 0.25) is 0 Å². The van der Waals surface area contributed by atoms with Crippen molar-refractivity contribution in [3.8, 4) is 5.69 Å². The molecule has 0 saturated carbocycles. The summed E-state index contributed by atoms with van der Waals surface area (Å²) >= 11 is 1.90. The first-order chi connectivity index (χ1) is 29.5. The number of benzene rings is 8. The topological polar surface area (TPSA) is 11.4 Å². The highest BCUT2D eigenvalue weighted by Crippen LogP contribution is 2.48. The second kappa shape index (κ2) is 13.0. The van der Waals surface area contributed by atoms with Gasteiger partial charge in [0.05, 0.1) is 11.2 Å². The van der Waals surface area contributed by atoms with Gasteiger partial charge >= 0.3 is 0 Å². The molecule has 0 saturated heterocycles. The Hall–Kier alpha value is -6.56. The predicted octanol–water partition coefficient (Wildman–Crippen LogP) is 13.8. The lowest BCUT2D eigenvalue weighted by molar-refractivity contribution is 0.590. The molecule has 0 radical (unpaired) electrons. The molecule has 0 aliphatic carbocycles. The number of thiophene rings is 1. The number of hydrogen-bond acceptors (Lipinski definition) is 3. The summed E-state index contributed by atoms with van der Waals surface area (Å²) in [6, 6.07) is 64.2. The van der Waals surface area contributed by atoms with E-state index < -0.39 is 0 Å². The Morgan fingerprint density at radius 1 is 0.459 bits per heavy atom. The quantitative estimate of drug-likeness (QED) is 0.164. The van der Waals surface area contributed by atoms with Crippen LogP contribution in [0.1, 0.15) is 52.7 Å². The summed E-state index contributed by atoms with van der Waals surface area (Å²) in [5, 5.41) is 5.25. The molecule has 0 N–H and O–H groups in total. The van der Waals surface area contributed by atoms with Gasteiger partial charge < -0.3 is 14.4 Å². The summed E-state index contributed by atoms with van der Waals surface area (Å²) in [6.45, 7) is 13.8. The van der Waals surface area contributed by atoms with Crippen LogP contribution < -0.4 is 26.2 Å². The zero-order valence-corrected chi connectivity index (χ0v) is 36.3. The fourth-order valence-corrected chi connectivity index (χ4v) is 11.4. The van der Waals surface area contributed by atoms with Crippen molar-refractivity contribution < 1.29 is 0 Å². The average Bonchev–Trinajstić information content (AvgIpc) is 3.82. The van der Waals surface area contributed by atoms with Crippen LogP contribution in [0.25, 0.3) is 47.7 Å². The Morgan fingerprint density at radius 2 is 1.05 bits per heavy atom. The normalized spacial score (nSPS) is 13.3. The van der Waals surface area contributed by atoms with E-state index in [9.17, 15) is 0 Å². The third-order valence-electron chi connectivity index (χ3n) is 13.3. The molecule has 0 spiro atoms. The van der Waals surface area contributed by atoms with Crippen molar-refractivity contribution in [2.45, 2.75) is 52.4 Å². The fraction of sp³-hybridized carbons (Fsp3) is 0.143. The molecule has 2 aliphatic heterocycles. The number of anilines is 6. The van der Waals surface area contributed by atoms with Crippen LogP contribution in [0, 0.1) is 0 Å². The molecule has 61 heavy (non-hydrogen) atoms. The molecule has 0 fully saturated rings. The van der Waals surface area contributed by atoms with E-state index in [1.54, 1.807) is 0 Å². The maximum atomic E-state index is 2.65. The smallest absolute Gasteiger partial charge is 0.252 e. The van der Waals surface area contributed by atoms with Gasteiger partial charge in [-0.2, -0.15) is 0 Å². The molecule has 0 amide bonds. The van der Waals surface area contributed by atoms with Gasteiger partial charge in [0, 0.05) is 70.6 Å². The number of hydrogen-bond donors (Lipinski definition) is 0. The van der Waals surface area contributed by atoms with Gasteiger partial charge in [0.15, 0.2) is 0 Å². The molecule has 10 aromatic rings. The first kappa shape index (κ1) is 36.3. The van der Waals surface area contributed by atoms with E-state index in [4.69, 9.17) is 0 Å². The Kier molecular flexibility index (Phi) is 7.72. The van der Waals surface area contributed by atoms with Gasteiger partial charge in [-0.05, 0) is 105 Å². The van der Waals surface area contributed by atoms with Gasteiger partial charge in [0.1, 0.15) is 0 Å². The summed E-state index contributed by atoms with van der Waals surface area (Å²) < 4.78 is 5.29. The van der Waals surface area contributed by atoms with Crippen molar-refractivity contribution in [2.75, 3.05) is 9.80 Å². The fourth-order valence-electron chi connectivity index (χ4n) is 10.3. The molecular weight excluding hydrogens is 758 g/mol. The Bertz CT molecular complexity index is 3320. The predicted molar refractivity (Wildman–Crippen MR) is 265 cm³/mol. The van der Waals surface area contributed by atoms with Crippen LogP contribution in [0.2, 0.25) is 0 Å². The summed E-state index contributed by atoms with van der Waals surface area (Å²) in [5.74, 6) is 0. The van der Waals surface area contributed by atoms with Gasteiger partial charge in [-0.1, -0.05) is 145 Å². The zero-order valence-electron chi connectivity index (χ0n) is 35.5. The van der Waals surface area contributed by atoms with Crippen molar-refractivity contribution in [1.29, 1.82) is 0 Å². The summed E-state index contributed by atoms with van der Waals surface area (Å²) in [7, 11) is 0. The molecule has 0 bridgehead atoms. The first-order valence-electron chi connectivity index (χ1n) is 21.6. The molecule has 12 rings (SSSR count). The standard InChI is InChI=1S/C56H46BN3S/c1-55(2,3)35-23-27-38(28-24-35)58(39-29-25-36(26-30-39)56(4,5)6)40-33-47-52-48(34-40)60-53-41(42-31-32-50-51(54(42)60)43-17-10-13-22-49(43)61-50)18-14-20-45(53)57(52)44-19-11-12-21-46(44)59(47)37-15-8-7-9-16-37/h7-34H,1-6H3. The molecule has 4 heterocycles. The van der Waals surface area contributed by atoms with E-state index in [0.29, 0.717) is 0 Å². The van der Waals surface area contributed by atoms with Gasteiger partial charge in [-0.3, -0.25) is 0 Å². The third kappa shape index (κ3) is 5.36. The zero-order chi connectivity index (χ0) is 41.4. The molecular formula is C56H46BN3S. The lowest BCUT2D eigenvalue weighted by atomic mass is 9.34. The molecule has 0 unspecified atom stereocenters. The molecule has 3 nitrogen and oxygen atoms in total. The summed E-state index contributed by atoms with van der Waals surface area (Å²) in [5.41, 5.74) is 17.5. The maximum absolute atomic E-state index is 2.65. The van der Waals surface area contributed by atoms with Crippen LogP contribution >= 0.6 is 11.3 Å². The first-order valence-corrected chi connectivity index (χ1v) is 22.4. The number of rotatable bonds is 4. The van der Waals surface area contributed by atoms with E-state index in [2.05, 4.69) is 226 Å². The number of fused-ring (bicyclic) bond motifs is 11. The minimum Gasteiger partial charge on any atom is -0.311 e. The summed E-state index contributed by atoms with van der Waals surface area (Å²) in [6.07, 6.45) is 0. The van der Waals surface area contributed by atoms with Crippen molar-refractivity contribution in [2.24, 2.45) is 0 Å². The molecule has 8 aromatic carbocycles. The van der Waals surface area contributed by atoms with E-state index in [1.165, 1.54) is 86.6 Å². The molecule has 2 aliphatic rings. The third-order valence-corrected chi connectivity index (χ3v) is 14.4.